The normalized spacial score (nSPS) is 18.0. The molecule has 336 valence electrons. The van der Waals surface area contributed by atoms with Crippen LogP contribution in [0.4, 0.5) is 4.79 Å². The minimum Gasteiger partial charge on any atom is -0.467 e. The van der Waals surface area contributed by atoms with E-state index in [1.165, 1.54) is 14.2 Å². The summed E-state index contributed by atoms with van der Waals surface area (Å²) in [5.74, 6) is -2.64. The Labute approximate surface area is 367 Å². The maximum Gasteiger partial charge on any atom is 0.407 e. The van der Waals surface area contributed by atoms with Gasteiger partial charge in [-0.1, -0.05) is 120 Å². The van der Waals surface area contributed by atoms with Crippen LogP contribution in [0.1, 0.15) is 82.9 Å². The van der Waals surface area contributed by atoms with E-state index in [0.29, 0.717) is 25.8 Å². The van der Waals surface area contributed by atoms with Crippen LogP contribution in [0.5, 0.6) is 0 Å². The maximum atomic E-state index is 14.4. The van der Waals surface area contributed by atoms with Crippen LogP contribution >= 0.6 is 0 Å². The first-order valence-corrected chi connectivity index (χ1v) is 21.9. The van der Waals surface area contributed by atoms with Gasteiger partial charge in [0.05, 0.1) is 43.7 Å². The number of likely N-dealkylation sites (N-methyl/N-ethyl adjacent to an activating group) is 1. The number of esters is 1. The molecular formula is C49H66N4O9. The minimum absolute atomic E-state index is 0.0235. The van der Waals surface area contributed by atoms with Gasteiger partial charge in [0, 0.05) is 40.2 Å². The lowest BCUT2D eigenvalue weighted by atomic mass is 9.89. The molecule has 5 rings (SSSR count). The van der Waals surface area contributed by atoms with Gasteiger partial charge in [0.25, 0.3) is 0 Å². The highest BCUT2D eigenvalue weighted by molar-refractivity contribution is 5.87. The molecule has 4 amide bonds. The summed E-state index contributed by atoms with van der Waals surface area (Å²) in [6.45, 7) is 10.1. The molecular weight excluding hydrogens is 789 g/mol. The van der Waals surface area contributed by atoms with Crippen LogP contribution in [0.15, 0.2) is 78.9 Å². The summed E-state index contributed by atoms with van der Waals surface area (Å²) in [5, 5.41) is 5.72. The van der Waals surface area contributed by atoms with Gasteiger partial charge >= 0.3 is 12.1 Å². The second kappa shape index (κ2) is 22.2. The Morgan fingerprint density at radius 2 is 1.44 bits per heavy atom. The summed E-state index contributed by atoms with van der Waals surface area (Å²) in [7, 11) is 6.05. The quantitative estimate of drug-likeness (QED) is 0.124. The summed E-state index contributed by atoms with van der Waals surface area (Å²) in [4.78, 5) is 72.0. The van der Waals surface area contributed by atoms with E-state index in [9.17, 15) is 24.0 Å². The summed E-state index contributed by atoms with van der Waals surface area (Å²) >= 11 is 0. The van der Waals surface area contributed by atoms with Gasteiger partial charge in [0.1, 0.15) is 18.7 Å². The number of alkyl carbamates (subject to hydrolysis) is 1. The van der Waals surface area contributed by atoms with Crippen LogP contribution in [-0.4, -0.2) is 117 Å². The Balaban J connectivity index is 1.25. The fourth-order valence-corrected chi connectivity index (χ4v) is 9.29. The highest BCUT2D eigenvalue weighted by Gasteiger charge is 2.43. The van der Waals surface area contributed by atoms with Crippen molar-refractivity contribution in [3.63, 3.8) is 0 Å². The number of ether oxygens (including phenoxy) is 4. The fraction of sp³-hybridized carbons (Fsp3) is 0.531. The zero-order valence-corrected chi connectivity index (χ0v) is 37.8. The molecule has 13 heteroatoms. The van der Waals surface area contributed by atoms with Crippen molar-refractivity contribution in [2.75, 3.05) is 41.5 Å². The third kappa shape index (κ3) is 11.0. The summed E-state index contributed by atoms with van der Waals surface area (Å²) in [5.41, 5.74) is 5.30. The van der Waals surface area contributed by atoms with Crippen molar-refractivity contribution in [1.29, 1.82) is 0 Å². The van der Waals surface area contributed by atoms with Crippen molar-refractivity contribution >= 4 is 29.8 Å². The molecule has 1 fully saturated rings. The predicted octanol–water partition coefficient (Wildman–Crippen LogP) is 6.37. The Hall–Kier alpha value is -5.27. The largest absolute Gasteiger partial charge is 0.467 e. The number of benzene rings is 3. The Morgan fingerprint density at radius 3 is 2.00 bits per heavy atom. The van der Waals surface area contributed by atoms with Crippen molar-refractivity contribution in [3.8, 4) is 11.1 Å². The van der Waals surface area contributed by atoms with Crippen LogP contribution in [0, 0.1) is 17.8 Å². The lowest BCUT2D eigenvalue weighted by Crippen LogP contribution is -2.58. The van der Waals surface area contributed by atoms with E-state index in [1.54, 1.807) is 30.9 Å². The molecule has 2 aliphatic rings. The molecule has 2 N–H and O–H groups in total. The van der Waals surface area contributed by atoms with E-state index in [0.717, 1.165) is 27.8 Å². The molecule has 0 aromatic heterocycles. The third-order valence-electron chi connectivity index (χ3n) is 12.9. The average Bonchev–Trinajstić information content (AvgIpc) is 3.90. The van der Waals surface area contributed by atoms with E-state index >= 15 is 0 Å². The van der Waals surface area contributed by atoms with Crippen LogP contribution in [-0.2, 0) is 44.5 Å². The van der Waals surface area contributed by atoms with Crippen LogP contribution in [0.3, 0.4) is 0 Å². The molecule has 0 unspecified atom stereocenters. The lowest BCUT2D eigenvalue weighted by Gasteiger charge is -2.40. The van der Waals surface area contributed by atoms with Gasteiger partial charge in [-0.25, -0.2) is 9.59 Å². The minimum atomic E-state index is -0.903. The van der Waals surface area contributed by atoms with Crippen molar-refractivity contribution in [2.24, 2.45) is 17.8 Å². The fourth-order valence-electron chi connectivity index (χ4n) is 9.29. The molecule has 13 nitrogen and oxygen atoms in total. The van der Waals surface area contributed by atoms with Gasteiger partial charge in [0.2, 0.25) is 17.7 Å². The van der Waals surface area contributed by atoms with E-state index in [1.807, 2.05) is 82.3 Å². The molecule has 0 saturated carbocycles. The Morgan fingerprint density at radius 1 is 0.823 bits per heavy atom. The van der Waals surface area contributed by atoms with Crippen molar-refractivity contribution in [3.05, 3.63) is 95.6 Å². The molecule has 62 heavy (non-hydrogen) atoms. The molecule has 3 aromatic rings. The van der Waals surface area contributed by atoms with Gasteiger partial charge in [-0.3, -0.25) is 14.4 Å². The van der Waals surface area contributed by atoms with Gasteiger partial charge < -0.3 is 39.4 Å². The Bertz CT molecular complexity index is 1950. The number of nitrogens with one attached hydrogen (secondary N) is 2. The molecule has 8 atom stereocenters. The average molecular weight is 855 g/mol. The summed E-state index contributed by atoms with van der Waals surface area (Å²) < 4.78 is 22.8. The number of hydrogen-bond donors (Lipinski definition) is 2. The number of nitrogens with zero attached hydrogens (tertiary/aromatic N) is 2. The number of carbonyl (C=O) groups is 5. The van der Waals surface area contributed by atoms with E-state index < -0.39 is 54.4 Å². The van der Waals surface area contributed by atoms with Gasteiger partial charge in [-0.05, 0) is 52.5 Å². The van der Waals surface area contributed by atoms with Crippen LogP contribution in [0.25, 0.3) is 11.1 Å². The second-order valence-electron chi connectivity index (χ2n) is 17.1. The number of amides is 4. The molecule has 3 aromatic carbocycles. The summed E-state index contributed by atoms with van der Waals surface area (Å²) in [6, 6.07) is 22.9. The molecule has 0 radical (unpaired) electrons. The topological polar surface area (TPSA) is 153 Å². The number of likely N-dealkylation sites (tertiary alicyclic amines) is 1. The highest BCUT2D eigenvalue weighted by atomic mass is 16.5. The lowest BCUT2D eigenvalue weighted by molar-refractivity contribution is -0.148. The zero-order chi connectivity index (χ0) is 45.1. The smallest absolute Gasteiger partial charge is 0.407 e. The number of rotatable bonds is 20. The Kier molecular flexibility index (Phi) is 17.1. The van der Waals surface area contributed by atoms with Gasteiger partial charge in [0.15, 0.2) is 0 Å². The number of hydrogen-bond acceptors (Lipinski definition) is 9. The first kappa shape index (κ1) is 47.8. The number of methoxy groups -OCH3 is 3. The SMILES string of the molecule is CC[C@H](C)[C@@H]([C@@H](CC(=O)N1CCC[C@H]1[C@H](OC)[C@@H](C)C(=O)N[C@@H](Cc1ccccc1)C(=O)OC)OC)N(C)C(=O)[C@@H](NC(=O)OCC1c2ccccc2-c2ccccc21)C(C)C. The molecule has 0 spiro atoms. The van der Waals surface area contributed by atoms with Crippen LogP contribution in [0.2, 0.25) is 0 Å². The molecule has 1 aliphatic carbocycles. The molecule has 1 heterocycles. The summed E-state index contributed by atoms with van der Waals surface area (Å²) in [6.07, 6.45) is 0.236. The first-order chi connectivity index (χ1) is 29.8. The highest BCUT2D eigenvalue weighted by Crippen LogP contribution is 2.44. The van der Waals surface area contributed by atoms with Crippen molar-refractivity contribution in [2.45, 2.75) is 109 Å². The van der Waals surface area contributed by atoms with Crippen molar-refractivity contribution < 1.29 is 42.9 Å². The number of fused-ring (bicyclic) bond motifs is 3. The van der Waals surface area contributed by atoms with E-state index in [2.05, 4.69) is 34.9 Å². The van der Waals surface area contributed by atoms with Gasteiger partial charge in [-0.2, -0.15) is 0 Å². The first-order valence-electron chi connectivity index (χ1n) is 21.9. The third-order valence-corrected chi connectivity index (χ3v) is 12.9. The van der Waals surface area contributed by atoms with Crippen LogP contribution < -0.4 is 10.6 Å². The second-order valence-corrected chi connectivity index (χ2v) is 17.1. The predicted molar refractivity (Wildman–Crippen MR) is 237 cm³/mol. The maximum absolute atomic E-state index is 14.4. The molecule has 0 bridgehead atoms. The molecule has 1 aliphatic heterocycles. The molecule has 1 saturated heterocycles. The monoisotopic (exact) mass is 854 g/mol. The number of carbonyl (C=O) groups excluding carboxylic acids is 5. The van der Waals surface area contributed by atoms with Gasteiger partial charge in [-0.15, -0.1) is 0 Å². The standard InChI is InChI=1S/C49H66N4O9/c1-10-31(4)44(52(6)47(56)43(30(2)3)51-49(58)62-29-38-36-23-16-14-21-34(36)35-22-15-17-24-37(35)38)41(59-7)28-42(54)53-26-18-25-40(53)45(60-8)32(5)46(55)50-39(48(57)61-9)27-33-19-12-11-13-20-33/h11-17,19-24,30-32,38-41,43-45H,10,18,25-29H2,1-9H3,(H,50,55)(H,51,58)/t31-,32+,39-,40-,41+,43-,44-,45+/m0/s1. The zero-order valence-electron chi connectivity index (χ0n) is 37.8. The van der Waals surface area contributed by atoms with E-state index in [-0.39, 0.29) is 54.9 Å². The van der Waals surface area contributed by atoms with E-state index in [4.69, 9.17) is 18.9 Å². The van der Waals surface area contributed by atoms with Crippen molar-refractivity contribution in [1.82, 2.24) is 20.4 Å².